The number of carbonyl (C=O) groups excluding carboxylic acids is 2. The molecule has 0 spiro atoms. The second-order valence-electron chi connectivity index (χ2n) is 4.52. The molecule has 120 valence electrons. The molecule has 2 rings (SSSR count). The molecule has 0 radical (unpaired) electrons. The number of hydrogen-bond acceptors (Lipinski definition) is 4. The van der Waals surface area contributed by atoms with Crippen molar-refractivity contribution in [2.24, 2.45) is 0 Å². The van der Waals surface area contributed by atoms with Gasteiger partial charge in [-0.25, -0.2) is 18.6 Å². The smallest absolute Gasteiger partial charge is 0.341 e. The number of halogens is 3. The van der Waals surface area contributed by atoms with E-state index >= 15 is 0 Å². The molecule has 2 aromatic rings. The van der Waals surface area contributed by atoms with Gasteiger partial charge in [-0.2, -0.15) is 0 Å². The lowest BCUT2D eigenvalue weighted by Crippen LogP contribution is -2.30. The van der Waals surface area contributed by atoms with Crippen LogP contribution in [0.15, 0.2) is 36.5 Å². The zero-order valence-electron chi connectivity index (χ0n) is 11.8. The van der Waals surface area contributed by atoms with Crippen molar-refractivity contribution >= 4 is 29.3 Å². The van der Waals surface area contributed by atoms with Gasteiger partial charge in [0.25, 0.3) is 5.91 Å². The van der Waals surface area contributed by atoms with E-state index in [-0.39, 0.29) is 5.82 Å². The van der Waals surface area contributed by atoms with E-state index < -0.39 is 35.2 Å². The van der Waals surface area contributed by atoms with Gasteiger partial charge in [0.05, 0.1) is 10.6 Å². The monoisotopic (exact) mass is 340 g/mol. The molecule has 1 atom stereocenters. The van der Waals surface area contributed by atoms with E-state index in [1.807, 2.05) is 0 Å². The first kappa shape index (κ1) is 16.8. The number of pyridine rings is 1. The average Bonchev–Trinajstić information content (AvgIpc) is 2.49. The van der Waals surface area contributed by atoms with E-state index in [0.717, 1.165) is 12.1 Å². The predicted molar refractivity (Wildman–Crippen MR) is 79.1 cm³/mol. The molecule has 0 unspecified atom stereocenters. The van der Waals surface area contributed by atoms with Crippen LogP contribution in [-0.4, -0.2) is 23.0 Å². The molecule has 0 aliphatic heterocycles. The molecule has 0 bridgehead atoms. The molecule has 5 nitrogen and oxygen atoms in total. The van der Waals surface area contributed by atoms with Crippen molar-refractivity contribution in [2.45, 2.75) is 13.0 Å². The van der Waals surface area contributed by atoms with Gasteiger partial charge < -0.3 is 10.1 Å². The van der Waals surface area contributed by atoms with Gasteiger partial charge in [0.15, 0.2) is 6.10 Å². The third-order valence-electron chi connectivity index (χ3n) is 2.78. The molecule has 0 saturated heterocycles. The zero-order valence-corrected chi connectivity index (χ0v) is 12.6. The first-order chi connectivity index (χ1) is 10.9. The number of aromatic nitrogens is 1. The molecule has 23 heavy (non-hydrogen) atoms. The maximum Gasteiger partial charge on any atom is 0.341 e. The molecule has 1 aromatic heterocycles. The summed E-state index contributed by atoms with van der Waals surface area (Å²) in [6.07, 6.45) is 0.131. The Bertz CT molecular complexity index is 738. The number of nitrogens with zero attached hydrogens (tertiary/aromatic N) is 1. The van der Waals surface area contributed by atoms with E-state index in [9.17, 15) is 18.4 Å². The van der Waals surface area contributed by atoms with Gasteiger partial charge in [0, 0.05) is 12.3 Å². The van der Waals surface area contributed by atoms with Gasteiger partial charge in [-0.3, -0.25) is 4.79 Å². The summed E-state index contributed by atoms with van der Waals surface area (Å²) in [5, 5.41) is 2.81. The summed E-state index contributed by atoms with van der Waals surface area (Å²) in [7, 11) is 0. The van der Waals surface area contributed by atoms with Crippen molar-refractivity contribution in [2.75, 3.05) is 5.32 Å². The molecule has 1 N–H and O–H groups in total. The summed E-state index contributed by atoms with van der Waals surface area (Å²) in [5.74, 6) is -3.40. The molecule has 1 amide bonds. The summed E-state index contributed by atoms with van der Waals surface area (Å²) >= 11 is 5.67. The Hall–Kier alpha value is -2.54. The van der Waals surface area contributed by atoms with E-state index in [0.29, 0.717) is 11.1 Å². The molecule has 1 heterocycles. The third-order valence-corrected chi connectivity index (χ3v) is 3.01. The molecule has 0 aliphatic carbocycles. The molecular weight excluding hydrogens is 330 g/mol. The molecule has 1 aromatic carbocycles. The third kappa shape index (κ3) is 4.46. The lowest BCUT2D eigenvalue weighted by molar-refractivity contribution is -0.123. The molecule has 0 aliphatic rings. The average molecular weight is 341 g/mol. The van der Waals surface area contributed by atoms with Crippen LogP contribution in [0, 0.1) is 11.6 Å². The van der Waals surface area contributed by atoms with E-state index in [4.69, 9.17) is 16.3 Å². The highest BCUT2D eigenvalue weighted by Crippen LogP contribution is 2.13. The first-order valence-corrected chi connectivity index (χ1v) is 6.83. The highest BCUT2D eigenvalue weighted by atomic mass is 35.5. The summed E-state index contributed by atoms with van der Waals surface area (Å²) in [6.45, 7) is 1.31. The Morgan fingerprint density at radius 2 is 2.00 bits per heavy atom. The number of hydrogen-bond donors (Lipinski definition) is 1. The lowest BCUT2D eigenvalue weighted by Gasteiger charge is -2.13. The van der Waals surface area contributed by atoms with Crippen LogP contribution in [0.25, 0.3) is 0 Å². The quantitative estimate of drug-likeness (QED) is 0.868. The Labute approximate surface area is 135 Å². The highest BCUT2D eigenvalue weighted by Gasteiger charge is 2.21. The van der Waals surface area contributed by atoms with Gasteiger partial charge >= 0.3 is 5.97 Å². The lowest BCUT2D eigenvalue weighted by atomic mass is 10.2. The van der Waals surface area contributed by atoms with Gasteiger partial charge in [-0.05, 0) is 31.2 Å². The van der Waals surface area contributed by atoms with E-state index in [1.54, 1.807) is 0 Å². The largest absolute Gasteiger partial charge is 0.449 e. The maximum atomic E-state index is 13.5. The predicted octanol–water partition coefficient (Wildman–Crippen LogP) is 3.20. The minimum absolute atomic E-state index is 0.218. The fourth-order valence-electron chi connectivity index (χ4n) is 1.61. The number of ether oxygens (including phenoxy) is 1. The maximum absolute atomic E-state index is 13.5. The number of rotatable bonds is 4. The fourth-order valence-corrected chi connectivity index (χ4v) is 1.72. The number of nitrogens with one attached hydrogen (secondary N) is 1. The van der Waals surface area contributed by atoms with Gasteiger partial charge in [-0.1, -0.05) is 11.6 Å². The molecular formula is C15H11ClF2N2O3. The summed E-state index contributed by atoms with van der Waals surface area (Å²) in [6, 6.07) is 5.41. The number of esters is 1. The van der Waals surface area contributed by atoms with Crippen LogP contribution in [0.3, 0.4) is 0 Å². The van der Waals surface area contributed by atoms with Crippen molar-refractivity contribution in [3.8, 4) is 0 Å². The zero-order chi connectivity index (χ0) is 17.0. The van der Waals surface area contributed by atoms with Crippen molar-refractivity contribution in [3.63, 3.8) is 0 Å². The fraction of sp³-hybridized carbons (Fsp3) is 0.133. The Morgan fingerprint density at radius 3 is 2.61 bits per heavy atom. The van der Waals surface area contributed by atoms with Crippen LogP contribution in [0.1, 0.15) is 17.3 Å². The molecule has 0 fully saturated rings. The topological polar surface area (TPSA) is 68.3 Å². The number of benzene rings is 1. The Balaban J connectivity index is 2.00. The van der Waals surface area contributed by atoms with Crippen LogP contribution in [-0.2, 0) is 9.53 Å². The van der Waals surface area contributed by atoms with Gasteiger partial charge in [-0.15, -0.1) is 0 Å². The number of carbonyl (C=O) groups is 2. The van der Waals surface area contributed by atoms with Gasteiger partial charge in [0.2, 0.25) is 0 Å². The van der Waals surface area contributed by atoms with Gasteiger partial charge in [0.1, 0.15) is 17.5 Å². The van der Waals surface area contributed by atoms with Crippen LogP contribution in [0.2, 0.25) is 5.02 Å². The van der Waals surface area contributed by atoms with Crippen LogP contribution in [0.4, 0.5) is 14.6 Å². The van der Waals surface area contributed by atoms with Crippen molar-refractivity contribution in [3.05, 3.63) is 58.7 Å². The SMILES string of the molecule is C[C@@H](OC(=O)c1ccc(F)cc1F)C(=O)Nc1ccc(Cl)cn1. The highest BCUT2D eigenvalue weighted by molar-refractivity contribution is 6.30. The minimum Gasteiger partial charge on any atom is -0.449 e. The van der Waals surface area contributed by atoms with Crippen molar-refractivity contribution < 1.29 is 23.1 Å². The second-order valence-corrected chi connectivity index (χ2v) is 4.96. The number of anilines is 1. The normalized spacial score (nSPS) is 11.7. The standard InChI is InChI=1S/C15H11ClF2N2O3/c1-8(14(21)20-13-5-2-9(16)7-19-13)23-15(22)11-4-3-10(17)6-12(11)18/h2-8H,1H3,(H,19,20,21)/t8-/m1/s1. The Kier molecular flexibility index (Phi) is 5.23. The summed E-state index contributed by atoms with van der Waals surface area (Å²) in [4.78, 5) is 27.5. The molecule has 8 heteroatoms. The summed E-state index contributed by atoms with van der Waals surface area (Å²) in [5.41, 5.74) is -0.462. The van der Waals surface area contributed by atoms with E-state index in [1.165, 1.54) is 25.3 Å². The summed E-state index contributed by atoms with van der Waals surface area (Å²) < 4.78 is 31.1. The minimum atomic E-state index is -1.20. The molecule has 0 saturated carbocycles. The van der Waals surface area contributed by atoms with Crippen LogP contribution in [0.5, 0.6) is 0 Å². The van der Waals surface area contributed by atoms with Crippen molar-refractivity contribution in [1.29, 1.82) is 0 Å². The van der Waals surface area contributed by atoms with Crippen molar-refractivity contribution in [1.82, 2.24) is 4.98 Å². The van der Waals surface area contributed by atoms with Crippen LogP contribution >= 0.6 is 11.6 Å². The number of amides is 1. The second kappa shape index (κ2) is 7.15. The first-order valence-electron chi connectivity index (χ1n) is 6.45. The van der Waals surface area contributed by atoms with Crippen LogP contribution < -0.4 is 5.32 Å². The Morgan fingerprint density at radius 1 is 1.26 bits per heavy atom. The van der Waals surface area contributed by atoms with E-state index in [2.05, 4.69) is 10.3 Å².